The van der Waals surface area contributed by atoms with Gasteiger partial charge in [-0.2, -0.15) is 13.2 Å². The van der Waals surface area contributed by atoms with E-state index in [9.17, 15) is 13.2 Å². The second-order valence-corrected chi connectivity index (χ2v) is 7.67. The van der Waals surface area contributed by atoms with Gasteiger partial charge < -0.3 is 4.90 Å². The first-order valence-electron chi connectivity index (χ1n) is 8.83. The van der Waals surface area contributed by atoms with Gasteiger partial charge in [-0.05, 0) is 25.7 Å². The molecule has 0 amide bonds. The summed E-state index contributed by atoms with van der Waals surface area (Å²) in [5, 5.41) is 3.01. The van der Waals surface area contributed by atoms with E-state index in [-0.39, 0.29) is 5.95 Å². The van der Waals surface area contributed by atoms with Crippen molar-refractivity contribution in [2.75, 3.05) is 31.1 Å². The second kappa shape index (κ2) is 7.11. The van der Waals surface area contributed by atoms with Gasteiger partial charge in [0.05, 0.1) is 6.54 Å². The van der Waals surface area contributed by atoms with Crippen molar-refractivity contribution >= 4 is 17.3 Å². The number of hydrogen-bond acceptors (Lipinski definition) is 6. The van der Waals surface area contributed by atoms with Crippen LogP contribution < -0.4 is 4.90 Å². The summed E-state index contributed by atoms with van der Waals surface area (Å²) in [4.78, 5) is 16.9. The zero-order valence-electron chi connectivity index (χ0n) is 14.3. The first-order chi connectivity index (χ1) is 12.5. The number of aromatic nitrogens is 3. The number of aryl methyl sites for hydroxylation is 1. The molecule has 2 aromatic rings. The maximum absolute atomic E-state index is 13.5. The number of piperazine rings is 1. The van der Waals surface area contributed by atoms with Crippen LogP contribution in [0.4, 0.5) is 19.1 Å². The Hall–Kier alpha value is -1.74. The summed E-state index contributed by atoms with van der Waals surface area (Å²) in [6.45, 7) is 3.57. The highest BCUT2D eigenvalue weighted by Crippen LogP contribution is 2.35. The first kappa shape index (κ1) is 17.7. The Labute approximate surface area is 153 Å². The zero-order valence-corrected chi connectivity index (χ0v) is 15.1. The molecule has 2 aliphatic rings. The van der Waals surface area contributed by atoms with Crippen LogP contribution in [0.15, 0.2) is 11.6 Å². The molecule has 0 bridgehead atoms. The van der Waals surface area contributed by atoms with Crippen LogP contribution in [0.1, 0.15) is 34.8 Å². The van der Waals surface area contributed by atoms with Gasteiger partial charge in [0.2, 0.25) is 5.95 Å². The van der Waals surface area contributed by atoms with Crippen LogP contribution in [0, 0.1) is 0 Å². The molecular formula is C17H20F3N5S. The number of hydrogen-bond donors (Lipinski definition) is 0. The minimum atomic E-state index is -4.42. The Morgan fingerprint density at radius 3 is 2.50 bits per heavy atom. The summed E-state index contributed by atoms with van der Waals surface area (Å²) in [5.41, 5.74) is 0.149. The number of anilines is 1. The number of fused-ring (bicyclic) bond motifs is 1. The van der Waals surface area contributed by atoms with E-state index in [1.165, 1.54) is 0 Å². The van der Waals surface area contributed by atoms with E-state index in [0.717, 1.165) is 37.5 Å². The Morgan fingerprint density at radius 2 is 1.81 bits per heavy atom. The molecule has 0 aromatic carbocycles. The van der Waals surface area contributed by atoms with Crippen molar-refractivity contribution in [3.63, 3.8) is 0 Å². The SMILES string of the molecule is FC(F)(F)c1nc(N2CCN(Cc3nccs3)CC2)nc2c1CCCC2. The Morgan fingerprint density at radius 1 is 1.04 bits per heavy atom. The molecule has 1 fully saturated rings. The third kappa shape index (κ3) is 3.68. The number of thiazole rings is 1. The van der Waals surface area contributed by atoms with Crippen LogP contribution in [0.3, 0.4) is 0 Å². The van der Waals surface area contributed by atoms with Crippen molar-refractivity contribution in [1.29, 1.82) is 0 Å². The molecular weight excluding hydrogens is 363 g/mol. The van der Waals surface area contributed by atoms with E-state index in [0.29, 0.717) is 37.2 Å². The Kier molecular flexibility index (Phi) is 4.83. The molecule has 140 valence electrons. The molecule has 26 heavy (non-hydrogen) atoms. The zero-order chi connectivity index (χ0) is 18.1. The Bertz CT molecular complexity index is 754. The molecule has 2 aromatic heterocycles. The van der Waals surface area contributed by atoms with Crippen LogP contribution >= 0.6 is 11.3 Å². The van der Waals surface area contributed by atoms with Gasteiger partial charge in [-0.15, -0.1) is 11.3 Å². The standard InChI is InChI=1S/C17H20F3N5S/c18-17(19,20)15-12-3-1-2-4-13(12)22-16(23-15)25-8-6-24(7-9-25)11-14-21-5-10-26-14/h5,10H,1-4,6-9,11H2. The largest absolute Gasteiger partial charge is 0.433 e. The fourth-order valence-electron chi connectivity index (χ4n) is 3.59. The average molecular weight is 383 g/mol. The summed E-state index contributed by atoms with van der Waals surface area (Å²) in [5.74, 6) is 0.229. The maximum Gasteiger partial charge on any atom is 0.433 e. The van der Waals surface area contributed by atoms with Crippen LogP contribution in [-0.4, -0.2) is 46.0 Å². The first-order valence-corrected chi connectivity index (χ1v) is 9.71. The monoisotopic (exact) mass is 383 g/mol. The lowest BCUT2D eigenvalue weighted by Gasteiger charge is -2.35. The van der Waals surface area contributed by atoms with Gasteiger partial charge in [-0.3, -0.25) is 4.90 Å². The van der Waals surface area contributed by atoms with Gasteiger partial charge in [0.1, 0.15) is 5.01 Å². The van der Waals surface area contributed by atoms with Crippen molar-refractivity contribution in [3.8, 4) is 0 Å². The van der Waals surface area contributed by atoms with Gasteiger partial charge in [0, 0.05) is 49.0 Å². The van der Waals surface area contributed by atoms with Crippen LogP contribution in [-0.2, 0) is 25.6 Å². The summed E-state index contributed by atoms with van der Waals surface area (Å²) < 4.78 is 40.4. The van der Waals surface area contributed by atoms with E-state index in [2.05, 4.69) is 19.9 Å². The normalized spacial score (nSPS) is 18.8. The molecule has 5 nitrogen and oxygen atoms in total. The van der Waals surface area contributed by atoms with Crippen molar-refractivity contribution in [2.45, 2.75) is 38.4 Å². The highest BCUT2D eigenvalue weighted by atomic mass is 32.1. The van der Waals surface area contributed by atoms with Gasteiger partial charge in [-0.1, -0.05) is 0 Å². The van der Waals surface area contributed by atoms with Crippen molar-refractivity contribution in [3.05, 3.63) is 33.5 Å². The van der Waals surface area contributed by atoms with Crippen molar-refractivity contribution in [1.82, 2.24) is 19.9 Å². The number of alkyl halides is 3. The number of nitrogens with zero attached hydrogens (tertiary/aromatic N) is 5. The molecule has 0 saturated carbocycles. The van der Waals surface area contributed by atoms with Gasteiger partial charge in [0.15, 0.2) is 5.69 Å². The van der Waals surface area contributed by atoms with E-state index in [1.807, 2.05) is 10.3 Å². The van der Waals surface area contributed by atoms with Crippen molar-refractivity contribution < 1.29 is 13.2 Å². The maximum atomic E-state index is 13.5. The van der Waals surface area contributed by atoms with Gasteiger partial charge in [0.25, 0.3) is 0 Å². The number of rotatable bonds is 3. The molecule has 1 saturated heterocycles. The van der Waals surface area contributed by atoms with Crippen LogP contribution in [0.5, 0.6) is 0 Å². The molecule has 4 rings (SSSR count). The third-order valence-corrected chi connectivity index (χ3v) is 5.70. The van der Waals surface area contributed by atoms with E-state index < -0.39 is 11.9 Å². The van der Waals surface area contributed by atoms with Crippen LogP contribution in [0.25, 0.3) is 0 Å². The molecule has 0 spiro atoms. The predicted octanol–water partition coefficient (Wildman–Crippen LogP) is 3.15. The molecule has 1 aliphatic carbocycles. The van der Waals surface area contributed by atoms with E-state index >= 15 is 0 Å². The molecule has 0 N–H and O–H groups in total. The third-order valence-electron chi connectivity index (χ3n) is 4.94. The lowest BCUT2D eigenvalue weighted by Crippen LogP contribution is -2.46. The summed E-state index contributed by atoms with van der Waals surface area (Å²) in [6, 6.07) is 0. The lowest BCUT2D eigenvalue weighted by molar-refractivity contribution is -0.142. The van der Waals surface area contributed by atoms with Gasteiger partial charge >= 0.3 is 6.18 Å². The molecule has 0 radical (unpaired) electrons. The quantitative estimate of drug-likeness (QED) is 0.815. The fourth-order valence-corrected chi connectivity index (χ4v) is 4.24. The van der Waals surface area contributed by atoms with Crippen LogP contribution in [0.2, 0.25) is 0 Å². The van der Waals surface area contributed by atoms with E-state index in [4.69, 9.17) is 0 Å². The predicted molar refractivity (Wildman–Crippen MR) is 93.3 cm³/mol. The highest BCUT2D eigenvalue weighted by Gasteiger charge is 2.38. The Balaban J connectivity index is 1.51. The fraction of sp³-hybridized carbons (Fsp3) is 0.588. The summed E-state index contributed by atoms with van der Waals surface area (Å²) >= 11 is 1.62. The average Bonchev–Trinajstić information content (AvgIpc) is 3.13. The molecule has 1 aliphatic heterocycles. The minimum absolute atomic E-state index is 0.229. The second-order valence-electron chi connectivity index (χ2n) is 6.69. The lowest BCUT2D eigenvalue weighted by atomic mass is 9.94. The van der Waals surface area contributed by atoms with Crippen molar-refractivity contribution in [2.24, 2.45) is 0 Å². The van der Waals surface area contributed by atoms with E-state index in [1.54, 1.807) is 17.5 Å². The highest BCUT2D eigenvalue weighted by molar-refractivity contribution is 7.09. The molecule has 0 atom stereocenters. The summed E-state index contributed by atoms with van der Waals surface area (Å²) in [6.07, 6.45) is 0.0577. The smallest absolute Gasteiger partial charge is 0.338 e. The number of halogens is 3. The molecule has 3 heterocycles. The molecule has 0 unspecified atom stereocenters. The summed E-state index contributed by atoms with van der Waals surface area (Å²) in [7, 11) is 0. The molecule has 9 heteroatoms. The van der Waals surface area contributed by atoms with Gasteiger partial charge in [-0.25, -0.2) is 15.0 Å². The topological polar surface area (TPSA) is 45.2 Å². The minimum Gasteiger partial charge on any atom is -0.338 e.